The van der Waals surface area contributed by atoms with Gasteiger partial charge in [-0.2, -0.15) is 5.26 Å². The first-order valence-electron chi connectivity index (χ1n) is 15.2. The first-order valence-corrected chi connectivity index (χ1v) is 16.4. The maximum absolute atomic E-state index is 13.7. The number of carbonyl (C=O) groups excluding carboxylic acids is 1. The van der Waals surface area contributed by atoms with Gasteiger partial charge in [-0.25, -0.2) is 0 Å². The molecule has 0 spiro atoms. The molecule has 2 saturated heterocycles. The van der Waals surface area contributed by atoms with E-state index in [4.69, 9.17) is 17.0 Å². The van der Waals surface area contributed by atoms with Crippen molar-refractivity contribution in [2.24, 2.45) is 5.92 Å². The number of rotatable bonds is 10. The molecule has 0 N–H and O–H groups in total. The minimum Gasteiger partial charge on any atom is -0.497 e. The number of nitrogens with zero attached hydrogens (tertiary/aromatic N) is 4. The number of thioether (sulfide) groups is 1. The predicted octanol–water partition coefficient (Wildman–Crippen LogP) is 6.70. The SMILES string of the molecule is CCCCn1c(N2CCC(Cc3ccccc3)CC2)c(/C=C2\SC(=S)N(Cc3ccc(OC)cc3)C2=O)c(C)c(C#N)c1=O. The van der Waals surface area contributed by atoms with Gasteiger partial charge in [-0.3, -0.25) is 19.1 Å². The molecule has 1 amide bonds. The maximum atomic E-state index is 13.7. The summed E-state index contributed by atoms with van der Waals surface area (Å²) in [5, 5.41) is 10.0. The van der Waals surface area contributed by atoms with E-state index in [0.717, 1.165) is 67.9 Å². The van der Waals surface area contributed by atoms with Gasteiger partial charge < -0.3 is 9.64 Å². The Kier molecular flexibility index (Phi) is 10.2. The molecule has 0 aliphatic carbocycles. The third-order valence-electron chi connectivity index (χ3n) is 8.51. The molecule has 2 aliphatic rings. The molecule has 0 atom stereocenters. The topological polar surface area (TPSA) is 78.6 Å². The van der Waals surface area contributed by atoms with Crippen molar-refractivity contribution >= 4 is 46.1 Å². The van der Waals surface area contributed by atoms with Crippen LogP contribution in [0, 0.1) is 24.2 Å². The van der Waals surface area contributed by atoms with E-state index >= 15 is 0 Å². The van der Waals surface area contributed by atoms with Gasteiger partial charge in [-0.1, -0.05) is 79.8 Å². The van der Waals surface area contributed by atoms with Gasteiger partial charge in [0, 0.05) is 25.2 Å². The number of piperidine rings is 1. The van der Waals surface area contributed by atoms with Crippen LogP contribution in [0.15, 0.2) is 64.3 Å². The minimum atomic E-state index is -0.260. The van der Waals surface area contributed by atoms with Gasteiger partial charge in [0.05, 0.1) is 18.6 Å². The van der Waals surface area contributed by atoms with Crippen LogP contribution in [-0.2, 0) is 24.3 Å². The molecule has 1 aromatic heterocycles. The van der Waals surface area contributed by atoms with Crippen LogP contribution in [-0.4, -0.2) is 39.9 Å². The average molecular weight is 627 g/mol. The summed E-state index contributed by atoms with van der Waals surface area (Å²) in [6.07, 6.45) is 6.62. The van der Waals surface area contributed by atoms with Crippen LogP contribution in [0.4, 0.5) is 5.82 Å². The number of pyridine rings is 1. The number of thiocarbonyl (C=S) groups is 1. The van der Waals surface area contributed by atoms with Crippen molar-refractivity contribution in [1.29, 1.82) is 5.26 Å². The molecule has 228 valence electrons. The summed E-state index contributed by atoms with van der Waals surface area (Å²) < 4.78 is 7.52. The van der Waals surface area contributed by atoms with Crippen molar-refractivity contribution in [2.45, 2.75) is 59.0 Å². The molecule has 0 saturated carbocycles. The minimum absolute atomic E-state index is 0.128. The number of unbranched alkanes of at least 4 members (excludes halogenated alkanes) is 1. The number of benzene rings is 2. The van der Waals surface area contributed by atoms with Gasteiger partial charge in [0.25, 0.3) is 11.5 Å². The summed E-state index contributed by atoms with van der Waals surface area (Å²) in [6.45, 7) is 6.38. The van der Waals surface area contributed by atoms with Crippen molar-refractivity contribution in [3.05, 3.63) is 97.7 Å². The maximum Gasteiger partial charge on any atom is 0.270 e. The molecule has 0 radical (unpaired) electrons. The first kappa shape index (κ1) is 31.6. The molecular formula is C35H38N4O3S2. The van der Waals surface area contributed by atoms with E-state index in [9.17, 15) is 14.9 Å². The van der Waals surface area contributed by atoms with Gasteiger partial charge in [0.1, 0.15) is 27.5 Å². The Bertz CT molecular complexity index is 1650. The van der Waals surface area contributed by atoms with Crippen LogP contribution < -0.4 is 15.2 Å². The number of aromatic nitrogens is 1. The number of ether oxygens (including phenoxy) is 1. The molecule has 3 heterocycles. The molecule has 2 aromatic carbocycles. The zero-order valence-corrected chi connectivity index (χ0v) is 27.2. The molecule has 0 bridgehead atoms. The zero-order chi connectivity index (χ0) is 31.2. The largest absolute Gasteiger partial charge is 0.497 e. The second kappa shape index (κ2) is 14.3. The Hall–Kier alpha value is -3.87. The number of carbonyl (C=O) groups is 1. The van der Waals surface area contributed by atoms with Gasteiger partial charge in [-0.05, 0) is 73.4 Å². The van der Waals surface area contributed by atoms with Crippen LogP contribution in [0.2, 0.25) is 0 Å². The van der Waals surface area contributed by atoms with Gasteiger partial charge >= 0.3 is 0 Å². The second-order valence-electron chi connectivity index (χ2n) is 11.4. The summed E-state index contributed by atoms with van der Waals surface area (Å²) in [5.74, 6) is 1.94. The van der Waals surface area contributed by atoms with Gasteiger partial charge in [0.2, 0.25) is 0 Å². The highest BCUT2D eigenvalue weighted by molar-refractivity contribution is 8.26. The molecule has 5 rings (SSSR count). The fourth-order valence-electron chi connectivity index (χ4n) is 5.99. The smallest absolute Gasteiger partial charge is 0.270 e. The van der Waals surface area contributed by atoms with E-state index < -0.39 is 0 Å². The average Bonchev–Trinajstić information content (AvgIpc) is 3.30. The Morgan fingerprint density at radius 1 is 1.07 bits per heavy atom. The number of anilines is 1. The monoisotopic (exact) mass is 626 g/mol. The number of nitriles is 1. The summed E-state index contributed by atoms with van der Waals surface area (Å²) in [4.78, 5) is 31.8. The lowest BCUT2D eigenvalue weighted by atomic mass is 9.90. The number of hydrogen-bond donors (Lipinski definition) is 0. The van der Waals surface area contributed by atoms with Crippen molar-refractivity contribution in [3.63, 3.8) is 0 Å². The summed E-state index contributed by atoms with van der Waals surface area (Å²) >= 11 is 6.92. The Morgan fingerprint density at radius 2 is 1.77 bits per heavy atom. The predicted molar refractivity (Wildman–Crippen MR) is 182 cm³/mol. The third kappa shape index (κ3) is 6.77. The fourth-order valence-corrected chi connectivity index (χ4v) is 7.22. The van der Waals surface area contributed by atoms with Crippen LogP contribution >= 0.6 is 24.0 Å². The lowest BCUT2D eigenvalue weighted by molar-refractivity contribution is -0.122. The summed E-state index contributed by atoms with van der Waals surface area (Å²) in [5.41, 5.74) is 3.51. The molecule has 9 heteroatoms. The van der Waals surface area contributed by atoms with Gasteiger partial charge in [-0.15, -0.1) is 0 Å². The van der Waals surface area contributed by atoms with Crippen molar-refractivity contribution in [3.8, 4) is 11.8 Å². The van der Waals surface area contributed by atoms with Crippen molar-refractivity contribution < 1.29 is 9.53 Å². The highest BCUT2D eigenvalue weighted by atomic mass is 32.2. The number of methoxy groups -OCH3 is 1. The molecular weight excluding hydrogens is 589 g/mol. The Balaban J connectivity index is 1.49. The van der Waals surface area contributed by atoms with E-state index in [1.54, 1.807) is 16.6 Å². The standard InChI is InChI=1S/C35H38N4O3S2/c1-4-5-17-38-32(37-18-15-26(16-19-37)20-25-9-7-6-8-10-25)29(24(2)30(22-36)33(38)40)21-31-34(41)39(35(43)44-31)23-27-11-13-28(42-3)14-12-27/h6-14,21,26H,4-5,15-20,23H2,1-3H3/b31-21-. The van der Waals surface area contributed by atoms with E-state index in [1.807, 2.05) is 43.3 Å². The molecule has 44 heavy (non-hydrogen) atoms. The highest BCUT2D eigenvalue weighted by Crippen LogP contribution is 2.38. The van der Waals surface area contributed by atoms with Crippen molar-refractivity contribution in [2.75, 3.05) is 25.1 Å². The molecule has 2 aliphatic heterocycles. The molecule has 7 nitrogen and oxygen atoms in total. The molecule has 2 fully saturated rings. The van der Waals surface area contributed by atoms with Gasteiger partial charge in [0.15, 0.2) is 0 Å². The fraction of sp³-hybridized carbons (Fsp3) is 0.371. The quantitative estimate of drug-likeness (QED) is 0.183. The van der Waals surface area contributed by atoms with Crippen LogP contribution in [0.1, 0.15) is 60.4 Å². The van der Waals surface area contributed by atoms with E-state index in [-0.39, 0.29) is 17.0 Å². The molecule has 0 unspecified atom stereocenters. The van der Waals surface area contributed by atoms with E-state index in [2.05, 4.69) is 42.2 Å². The van der Waals surface area contributed by atoms with Crippen LogP contribution in [0.5, 0.6) is 5.75 Å². The van der Waals surface area contributed by atoms with Crippen molar-refractivity contribution in [1.82, 2.24) is 9.47 Å². The highest BCUT2D eigenvalue weighted by Gasteiger charge is 2.34. The lowest BCUT2D eigenvalue weighted by Gasteiger charge is -2.36. The Morgan fingerprint density at radius 3 is 2.41 bits per heavy atom. The molecule has 3 aromatic rings. The first-order chi connectivity index (χ1) is 21.3. The van der Waals surface area contributed by atoms with Crippen LogP contribution in [0.3, 0.4) is 0 Å². The summed E-state index contributed by atoms with van der Waals surface area (Å²) in [6, 6.07) is 20.3. The second-order valence-corrected chi connectivity index (χ2v) is 13.1. The Labute approximate surface area is 269 Å². The lowest BCUT2D eigenvalue weighted by Crippen LogP contribution is -2.40. The normalized spacial score (nSPS) is 16.5. The zero-order valence-electron chi connectivity index (χ0n) is 25.5. The van der Waals surface area contributed by atoms with E-state index in [1.165, 1.54) is 17.3 Å². The number of amides is 1. The summed E-state index contributed by atoms with van der Waals surface area (Å²) in [7, 11) is 1.62. The number of hydrogen-bond acceptors (Lipinski definition) is 7. The van der Waals surface area contributed by atoms with Crippen LogP contribution in [0.25, 0.3) is 6.08 Å². The third-order valence-corrected chi connectivity index (χ3v) is 9.89. The van der Waals surface area contributed by atoms with E-state index in [0.29, 0.717) is 33.8 Å².